The Morgan fingerprint density at radius 1 is 1.86 bits per heavy atom. The second-order valence-electron chi connectivity index (χ2n) is 3.51. The largest absolute Gasteiger partial charge is 0.395 e. The van der Waals surface area contributed by atoms with Crippen LogP contribution in [-0.4, -0.2) is 41.9 Å². The maximum Gasteiger partial charge on any atom is 0.229 e. The first-order valence-electron chi connectivity index (χ1n) is 4.78. The van der Waals surface area contributed by atoms with Gasteiger partial charge >= 0.3 is 0 Å². The molecule has 82 valence electrons. The summed E-state index contributed by atoms with van der Waals surface area (Å²) in [6, 6.07) is 0.0525. The Balaban J connectivity index is 2.43. The van der Waals surface area contributed by atoms with E-state index in [9.17, 15) is 4.79 Å². The van der Waals surface area contributed by atoms with E-state index in [1.807, 2.05) is 11.7 Å². The minimum atomic E-state index is 0.0525. The van der Waals surface area contributed by atoms with E-state index in [4.69, 9.17) is 5.11 Å². The number of aliphatic hydroxyl groups is 1. The normalized spacial score (nSPS) is 25.2. The summed E-state index contributed by atoms with van der Waals surface area (Å²) in [5.41, 5.74) is 0. The average molecular weight is 236 g/mol. The lowest BCUT2D eigenvalue weighted by Crippen LogP contribution is -2.33. The van der Waals surface area contributed by atoms with Crippen molar-refractivity contribution in [3.8, 4) is 0 Å². The van der Waals surface area contributed by atoms with Crippen LogP contribution >= 0.6 is 17.3 Å². The summed E-state index contributed by atoms with van der Waals surface area (Å²) >= 11 is 0. The van der Waals surface area contributed by atoms with Gasteiger partial charge in [0, 0.05) is 18.5 Å². The van der Waals surface area contributed by atoms with E-state index in [1.165, 1.54) is 0 Å². The third kappa shape index (κ3) is 2.87. The fourth-order valence-corrected chi connectivity index (χ4v) is 3.05. The van der Waals surface area contributed by atoms with Gasteiger partial charge < -0.3 is 15.1 Å². The van der Waals surface area contributed by atoms with Crippen molar-refractivity contribution in [2.24, 2.45) is 5.92 Å². The number of hydrogen-bond donors (Lipinski definition) is 2. The molecule has 1 heterocycles. The molecule has 14 heavy (non-hydrogen) atoms. The summed E-state index contributed by atoms with van der Waals surface area (Å²) in [6.45, 7) is 0.969. The van der Waals surface area contributed by atoms with E-state index in [2.05, 4.69) is 14.2 Å². The lowest BCUT2D eigenvalue weighted by atomic mass is 9.99. The van der Waals surface area contributed by atoms with Crippen LogP contribution in [0.3, 0.4) is 0 Å². The molecule has 4 unspecified atom stereocenters. The number of aliphatic hydroxyl groups excluding tert-OH is 1. The Morgan fingerprint density at radius 3 is 3.00 bits per heavy atom. The summed E-state index contributed by atoms with van der Waals surface area (Å²) < 4.78 is 1.87. The lowest BCUT2D eigenvalue weighted by molar-refractivity contribution is -0.127. The Morgan fingerprint density at radius 2 is 2.57 bits per heavy atom. The van der Waals surface area contributed by atoms with Gasteiger partial charge in [-0.1, -0.05) is 8.93 Å². The van der Waals surface area contributed by atoms with Gasteiger partial charge in [-0.25, -0.2) is 0 Å². The lowest BCUT2D eigenvalue weighted by Gasteiger charge is -2.17. The molecule has 0 aromatic rings. The zero-order chi connectivity index (χ0) is 10.6. The smallest absolute Gasteiger partial charge is 0.229 e. The molecule has 2 N–H and O–H groups in total. The molecule has 0 spiro atoms. The van der Waals surface area contributed by atoms with Crippen molar-refractivity contribution in [1.29, 1.82) is 0 Å². The third-order valence-electron chi connectivity index (χ3n) is 2.67. The molecule has 1 aliphatic heterocycles. The van der Waals surface area contributed by atoms with E-state index < -0.39 is 0 Å². The highest BCUT2D eigenvalue weighted by molar-refractivity contribution is 8.01. The zero-order valence-corrected chi connectivity index (χ0v) is 10.5. The fourth-order valence-electron chi connectivity index (χ4n) is 1.71. The van der Waals surface area contributed by atoms with E-state index >= 15 is 0 Å². The third-order valence-corrected chi connectivity index (χ3v) is 4.36. The molecule has 0 saturated carbocycles. The molecule has 1 rings (SSSR count). The first-order valence-corrected chi connectivity index (χ1v) is 7.54. The highest BCUT2D eigenvalue weighted by Crippen LogP contribution is 2.35. The number of rotatable bonds is 5. The molecule has 0 bridgehead atoms. The number of nitrogens with one attached hydrogen (secondary N) is 1. The molecule has 1 saturated heterocycles. The van der Waals surface area contributed by atoms with E-state index in [0.717, 1.165) is 19.4 Å². The van der Waals surface area contributed by atoms with Gasteiger partial charge in [0.2, 0.25) is 5.91 Å². The molecular weight excluding hydrogens is 218 g/mol. The molecule has 1 amide bonds. The van der Waals surface area contributed by atoms with Crippen LogP contribution in [0.1, 0.15) is 12.8 Å². The van der Waals surface area contributed by atoms with Gasteiger partial charge in [0.15, 0.2) is 0 Å². The van der Waals surface area contributed by atoms with E-state index in [1.54, 1.807) is 0 Å². The number of carbonyl (C=O) groups is 1. The number of amides is 1. The Kier molecular flexibility index (Phi) is 5.25. The summed E-state index contributed by atoms with van der Waals surface area (Å²) in [5.74, 6) is 0.347. The van der Waals surface area contributed by atoms with Gasteiger partial charge in [-0.3, -0.25) is 4.79 Å². The molecule has 6 heteroatoms. The van der Waals surface area contributed by atoms with Gasteiger partial charge in [-0.15, -0.1) is 0 Å². The van der Waals surface area contributed by atoms with Crippen molar-refractivity contribution in [1.82, 2.24) is 9.99 Å². The van der Waals surface area contributed by atoms with Crippen LogP contribution in [0.4, 0.5) is 0 Å². The second kappa shape index (κ2) is 5.97. The van der Waals surface area contributed by atoms with Crippen LogP contribution in [0.25, 0.3) is 0 Å². The van der Waals surface area contributed by atoms with Gasteiger partial charge in [-0.2, -0.15) is 0 Å². The van der Waals surface area contributed by atoms with Crippen LogP contribution in [0.15, 0.2) is 0 Å². The highest BCUT2D eigenvalue weighted by atomic mass is 32.0. The SMILES string of the molecule is CNC(CO)CC1CCN(PP)C1=O. The molecule has 0 radical (unpaired) electrons. The molecule has 0 aromatic heterocycles. The standard InChI is InChI=1S/C8H18N2O2P2/c1-9-7(5-11)4-6-2-3-10(14-13)8(6)12/h6-7,9,11,14H,2-5,13H2,1H3. The molecule has 0 aliphatic carbocycles. The highest BCUT2D eigenvalue weighted by Gasteiger charge is 2.31. The van der Waals surface area contributed by atoms with Gasteiger partial charge in [-0.05, 0) is 28.3 Å². The molecule has 1 fully saturated rings. The average Bonchev–Trinajstić information content (AvgIpc) is 2.56. The quantitative estimate of drug-likeness (QED) is 0.670. The van der Waals surface area contributed by atoms with Crippen molar-refractivity contribution < 1.29 is 9.90 Å². The predicted molar refractivity (Wildman–Crippen MR) is 62.4 cm³/mol. The first-order chi connectivity index (χ1) is 6.72. The van der Waals surface area contributed by atoms with Crippen molar-refractivity contribution in [3.63, 3.8) is 0 Å². The predicted octanol–water partition coefficient (Wildman–Crippen LogP) is 0.189. The first kappa shape index (κ1) is 12.3. The van der Waals surface area contributed by atoms with Gasteiger partial charge in [0.05, 0.1) is 6.61 Å². The van der Waals surface area contributed by atoms with Crippen LogP contribution < -0.4 is 5.32 Å². The summed E-state index contributed by atoms with van der Waals surface area (Å²) in [7, 11) is 4.91. The Labute approximate surface area is 88.7 Å². The molecule has 1 aliphatic rings. The summed E-state index contributed by atoms with van der Waals surface area (Å²) in [5, 5.41) is 12.0. The number of likely N-dealkylation sites (N-methyl/N-ethyl adjacent to an activating group) is 1. The van der Waals surface area contributed by atoms with Gasteiger partial charge in [0.25, 0.3) is 0 Å². The van der Waals surface area contributed by atoms with Crippen molar-refractivity contribution in [2.45, 2.75) is 18.9 Å². The van der Waals surface area contributed by atoms with E-state index in [-0.39, 0.29) is 24.5 Å². The molecule has 4 atom stereocenters. The van der Waals surface area contributed by atoms with Crippen LogP contribution in [0.5, 0.6) is 0 Å². The Bertz CT molecular complexity index is 200. The monoisotopic (exact) mass is 236 g/mol. The van der Waals surface area contributed by atoms with Crippen molar-refractivity contribution in [3.05, 3.63) is 0 Å². The molecule has 4 nitrogen and oxygen atoms in total. The number of nitrogens with zero attached hydrogens (tertiary/aromatic N) is 1. The van der Waals surface area contributed by atoms with Crippen molar-refractivity contribution in [2.75, 3.05) is 20.2 Å². The maximum atomic E-state index is 11.7. The summed E-state index contributed by atoms with van der Waals surface area (Å²) in [4.78, 5) is 11.7. The summed E-state index contributed by atoms with van der Waals surface area (Å²) in [6.07, 6.45) is 1.68. The molecule has 0 aromatic carbocycles. The van der Waals surface area contributed by atoms with Crippen LogP contribution in [-0.2, 0) is 4.79 Å². The number of carbonyl (C=O) groups excluding carboxylic acids is 1. The van der Waals surface area contributed by atoms with Gasteiger partial charge in [0.1, 0.15) is 0 Å². The van der Waals surface area contributed by atoms with Crippen molar-refractivity contribution >= 4 is 23.3 Å². The second-order valence-corrected chi connectivity index (χ2v) is 5.08. The topological polar surface area (TPSA) is 52.6 Å². The van der Waals surface area contributed by atoms with Crippen LogP contribution in [0.2, 0.25) is 0 Å². The zero-order valence-electron chi connectivity index (χ0n) is 8.36. The molecular formula is C8H18N2O2P2. The van der Waals surface area contributed by atoms with E-state index in [0.29, 0.717) is 8.42 Å². The minimum Gasteiger partial charge on any atom is -0.395 e. The fraction of sp³-hybridized carbons (Fsp3) is 0.875. The minimum absolute atomic E-state index is 0.0525. The maximum absolute atomic E-state index is 11.7. The Hall–Kier alpha value is 0.250. The number of hydrogen-bond acceptors (Lipinski definition) is 3. The van der Waals surface area contributed by atoms with Crippen LogP contribution in [0, 0.1) is 5.92 Å².